The number of aromatic amines is 1. The van der Waals surface area contributed by atoms with E-state index in [-0.39, 0.29) is 18.8 Å². The van der Waals surface area contributed by atoms with Gasteiger partial charge in [-0.3, -0.25) is 9.89 Å². The zero-order chi connectivity index (χ0) is 24.2. The molecule has 1 aliphatic heterocycles. The van der Waals surface area contributed by atoms with Gasteiger partial charge in [-0.25, -0.2) is 23.1 Å². The average Bonchev–Trinajstić information content (AvgIpc) is 3.24. The molecule has 1 atom stereocenters. The lowest BCUT2D eigenvalue weighted by Gasteiger charge is -2.14. The molecule has 0 spiro atoms. The Morgan fingerprint density at radius 1 is 1.03 bits per heavy atom. The van der Waals surface area contributed by atoms with Gasteiger partial charge in [-0.1, -0.05) is 24.3 Å². The lowest BCUT2D eigenvalue weighted by Crippen LogP contribution is -2.28. The number of carbonyl (C=O) groups excluding carboxylic acids is 1. The maximum Gasteiger partial charge on any atom is 0.260 e. The molecule has 1 saturated carbocycles. The fraction of sp³-hybridized carbons (Fsp3) is 0.200. The number of nitrogens with one attached hydrogen (secondary N) is 2. The van der Waals surface area contributed by atoms with Crippen LogP contribution in [0.15, 0.2) is 61.1 Å². The molecule has 1 aliphatic carbocycles. The molecule has 10 heteroatoms. The van der Waals surface area contributed by atoms with Crippen LogP contribution >= 0.6 is 0 Å². The number of benzene rings is 2. The number of amides is 1. The zero-order valence-electron chi connectivity index (χ0n) is 18.3. The van der Waals surface area contributed by atoms with Crippen molar-refractivity contribution < 1.29 is 18.0 Å². The smallest absolute Gasteiger partial charge is 0.260 e. The van der Waals surface area contributed by atoms with Gasteiger partial charge in [0, 0.05) is 42.5 Å². The van der Waals surface area contributed by atoms with Crippen molar-refractivity contribution in [1.82, 2.24) is 25.1 Å². The molecule has 35 heavy (non-hydrogen) atoms. The highest BCUT2D eigenvalue weighted by molar-refractivity contribution is 5.83. The number of anilines is 2. The monoisotopic (exact) mass is 476 g/mol. The number of alkyl halides is 2. The Morgan fingerprint density at radius 3 is 2.49 bits per heavy atom. The van der Waals surface area contributed by atoms with Gasteiger partial charge in [0.25, 0.3) is 5.92 Å². The maximum absolute atomic E-state index is 14.5. The quantitative estimate of drug-likeness (QED) is 0.427. The Bertz CT molecular complexity index is 1420. The van der Waals surface area contributed by atoms with Crippen molar-refractivity contribution >= 4 is 17.4 Å². The van der Waals surface area contributed by atoms with E-state index in [2.05, 4.69) is 25.5 Å². The zero-order valence-corrected chi connectivity index (χ0v) is 18.3. The van der Waals surface area contributed by atoms with Crippen LogP contribution < -0.4 is 5.32 Å². The summed E-state index contributed by atoms with van der Waals surface area (Å²) in [5.41, 5.74) is 4.94. The van der Waals surface area contributed by atoms with E-state index in [0.29, 0.717) is 23.6 Å². The highest BCUT2D eigenvalue weighted by atomic mass is 19.3. The second-order valence-electron chi connectivity index (χ2n) is 8.78. The van der Waals surface area contributed by atoms with Crippen molar-refractivity contribution in [2.45, 2.75) is 25.4 Å². The van der Waals surface area contributed by atoms with Gasteiger partial charge in [0.2, 0.25) is 5.91 Å². The lowest BCUT2D eigenvalue weighted by molar-refractivity contribution is -0.135. The van der Waals surface area contributed by atoms with Gasteiger partial charge in [0.15, 0.2) is 17.5 Å². The summed E-state index contributed by atoms with van der Waals surface area (Å²) in [6.45, 7) is 0.552. The summed E-state index contributed by atoms with van der Waals surface area (Å²) in [5.74, 6) is -4.88. The van der Waals surface area contributed by atoms with Crippen molar-refractivity contribution in [3.8, 4) is 22.5 Å². The summed E-state index contributed by atoms with van der Waals surface area (Å²) in [5, 5.41) is 9.68. The second kappa shape index (κ2) is 7.93. The van der Waals surface area contributed by atoms with E-state index in [1.54, 1.807) is 18.5 Å². The Balaban J connectivity index is 1.20. The Hall–Kier alpha value is -4.21. The summed E-state index contributed by atoms with van der Waals surface area (Å²) in [4.78, 5) is 22.3. The van der Waals surface area contributed by atoms with Crippen LogP contribution in [0.1, 0.15) is 17.5 Å². The molecule has 0 bridgehead atoms. The average molecular weight is 476 g/mol. The summed E-state index contributed by atoms with van der Waals surface area (Å²) < 4.78 is 41.1. The normalized spacial score (nSPS) is 17.8. The van der Waals surface area contributed by atoms with Gasteiger partial charge in [0.1, 0.15) is 5.92 Å². The van der Waals surface area contributed by atoms with E-state index in [1.807, 2.05) is 36.4 Å². The van der Waals surface area contributed by atoms with E-state index < -0.39 is 23.6 Å². The molecule has 2 aromatic heterocycles. The molecule has 1 fully saturated rings. The van der Waals surface area contributed by atoms with Crippen molar-refractivity contribution in [2.24, 2.45) is 5.92 Å². The molecule has 0 radical (unpaired) electrons. The highest BCUT2D eigenvalue weighted by Crippen LogP contribution is 2.50. The predicted octanol–water partition coefficient (Wildman–Crippen LogP) is 4.91. The summed E-state index contributed by atoms with van der Waals surface area (Å²) >= 11 is 0. The first kappa shape index (κ1) is 21.3. The van der Waals surface area contributed by atoms with Gasteiger partial charge in [-0.2, -0.15) is 5.10 Å². The summed E-state index contributed by atoms with van der Waals surface area (Å²) in [6.07, 6.45) is 4.22. The van der Waals surface area contributed by atoms with Crippen LogP contribution in [0.4, 0.5) is 24.7 Å². The largest absolute Gasteiger partial charge is 0.338 e. The van der Waals surface area contributed by atoms with Crippen molar-refractivity contribution in [3.05, 3.63) is 78.0 Å². The van der Waals surface area contributed by atoms with Crippen LogP contribution in [0, 0.1) is 11.7 Å². The molecular formula is C25H19F3N6O. The minimum absolute atomic E-state index is 0.0272. The van der Waals surface area contributed by atoms with Gasteiger partial charge in [0.05, 0.1) is 12.4 Å². The van der Waals surface area contributed by atoms with E-state index >= 15 is 0 Å². The number of aromatic nitrogens is 4. The molecule has 2 aliphatic rings. The Morgan fingerprint density at radius 2 is 1.77 bits per heavy atom. The molecule has 176 valence electrons. The molecule has 2 aromatic carbocycles. The molecule has 0 saturated heterocycles. The van der Waals surface area contributed by atoms with Gasteiger partial charge < -0.3 is 10.2 Å². The SMILES string of the molecule is O=C(C1CC1(F)F)N1Cc2ccc(-c3ncc(F)c(Nc4ccc(-c5cn[nH]c5)cc4)n3)cc2C1. The van der Waals surface area contributed by atoms with Crippen molar-refractivity contribution in [1.29, 1.82) is 0 Å². The molecule has 2 N–H and O–H groups in total. The van der Waals surface area contributed by atoms with Crippen LogP contribution in [0.25, 0.3) is 22.5 Å². The minimum Gasteiger partial charge on any atom is -0.338 e. The highest BCUT2D eigenvalue weighted by Gasteiger charge is 2.62. The van der Waals surface area contributed by atoms with E-state index in [0.717, 1.165) is 28.5 Å². The number of rotatable bonds is 5. The van der Waals surface area contributed by atoms with Crippen LogP contribution in [0.5, 0.6) is 0 Å². The molecule has 1 unspecified atom stereocenters. The first-order valence-corrected chi connectivity index (χ1v) is 11.0. The Labute approximate surface area is 198 Å². The van der Waals surface area contributed by atoms with Crippen LogP contribution in [0.3, 0.4) is 0 Å². The third-order valence-electron chi connectivity index (χ3n) is 6.35. The third kappa shape index (κ3) is 4.01. The standard InChI is InChI=1S/C25H19F3N6O/c26-21-11-29-22(33-23(21)32-19-5-3-14(4-6-19)18-9-30-31-10-18)15-1-2-16-12-34(13-17(16)7-15)24(35)20-8-25(20,27)28/h1-7,9-11,20H,8,12-13H2,(H,30,31)(H,29,32,33). The maximum atomic E-state index is 14.5. The molecule has 1 amide bonds. The summed E-state index contributed by atoms with van der Waals surface area (Å²) in [7, 11) is 0. The van der Waals surface area contributed by atoms with Gasteiger partial charge in [-0.05, 0) is 34.9 Å². The van der Waals surface area contributed by atoms with Crippen LogP contribution in [0.2, 0.25) is 0 Å². The second-order valence-corrected chi connectivity index (χ2v) is 8.78. The molecule has 6 rings (SSSR count). The fourth-order valence-electron chi connectivity index (χ4n) is 4.28. The van der Waals surface area contributed by atoms with E-state index in [1.165, 1.54) is 4.90 Å². The van der Waals surface area contributed by atoms with Crippen LogP contribution in [-0.4, -0.2) is 36.9 Å². The number of fused-ring (bicyclic) bond motifs is 1. The van der Waals surface area contributed by atoms with Gasteiger partial charge >= 0.3 is 0 Å². The lowest BCUT2D eigenvalue weighted by atomic mass is 10.1. The minimum atomic E-state index is -2.89. The number of hydrogen-bond acceptors (Lipinski definition) is 5. The number of halogens is 3. The molecule has 4 aromatic rings. The number of nitrogens with zero attached hydrogens (tertiary/aromatic N) is 4. The van der Waals surface area contributed by atoms with Gasteiger partial charge in [-0.15, -0.1) is 0 Å². The molecule has 7 nitrogen and oxygen atoms in total. The predicted molar refractivity (Wildman–Crippen MR) is 122 cm³/mol. The number of carbonyl (C=O) groups is 1. The van der Waals surface area contributed by atoms with Crippen LogP contribution in [-0.2, 0) is 17.9 Å². The van der Waals surface area contributed by atoms with E-state index in [9.17, 15) is 18.0 Å². The molecular weight excluding hydrogens is 457 g/mol. The first-order valence-electron chi connectivity index (χ1n) is 11.0. The third-order valence-corrected chi connectivity index (χ3v) is 6.35. The number of hydrogen-bond donors (Lipinski definition) is 2. The first-order chi connectivity index (χ1) is 16.9. The summed E-state index contributed by atoms with van der Waals surface area (Å²) in [6, 6.07) is 12.8. The van der Waals surface area contributed by atoms with Crippen molar-refractivity contribution in [3.63, 3.8) is 0 Å². The van der Waals surface area contributed by atoms with E-state index in [4.69, 9.17) is 0 Å². The molecule has 3 heterocycles. The van der Waals surface area contributed by atoms with Crippen molar-refractivity contribution in [2.75, 3.05) is 5.32 Å². The number of H-pyrrole nitrogens is 1. The fourth-order valence-corrected chi connectivity index (χ4v) is 4.28. The Kier molecular flexibility index (Phi) is 4.84. The topological polar surface area (TPSA) is 86.8 Å².